The van der Waals surface area contributed by atoms with Crippen molar-refractivity contribution in [1.82, 2.24) is 4.90 Å². The van der Waals surface area contributed by atoms with E-state index in [4.69, 9.17) is 5.11 Å². The SMILES string of the molecule is CC.Cc1ccccc1NC(=O)Nc1ccc(CC(=O)Nc2ccc3c(c2)C(=O)N(CCCC(=O)O)CC(=O)N3C)cc1. The number of carboxylic acids is 1. The van der Waals surface area contributed by atoms with Crippen LogP contribution in [0, 0.1) is 6.92 Å². The first kappa shape index (κ1) is 32.3. The number of carbonyl (C=O) groups is 5. The molecule has 4 N–H and O–H groups in total. The zero-order valence-corrected chi connectivity index (χ0v) is 24.8. The van der Waals surface area contributed by atoms with Gasteiger partial charge in [0.15, 0.2) is 0 Å². The molecule has 0 aromatic heterocycles. The van der Waals surface area contributed by atoms with Crippen molar-refractivity contribution >= 4 is 52.5 Å². The van der Waals surface area contributed by atoms with Crippen molar-refractivity contribution in [2.45, 2.75) is 40.0 Å². The van der Waals surface area contributed by atoms with E-state index in [0.717, 1.165) is 5.56 Å². The number of hydrogen-bond acceptors (Lipinski definition) is 5. The largest absolute Gasteiger partial charge is 0.481 e. The fourth-order valence-corrected chi connectivity index (χ4v) is 4.42. The van der Waals surface area contributed by atoms with E-state index in [-0.39, 0.29) is 55.8 Å². The number of aryl methyl sites for hydroxylation is 1. The van der Waals surface area contributed by atoms with Crippen LogP contribution in [-0.2, 0) is 20.8 Å². The van der Waals surface area contributed by atoms with Crippen LogP contribution in [0.2, 0.25) is 0 Å². The third-order valence-electron chi connectivity index (χ3n) is 6.65. The van der Waals surface area contributed by atoms with Gasteiger partial charge in [-0.05, 0) is 60.9 Å². The molecule has 4 rings (SSSR count). The summed E-state index contributed by atoms with van der Waals surface area (Å²) in [5.41, 5.74) is 3.98. The third-order valence-corrected chi connectivity index (χ3v) is 6.65. The molecule has 1 heterocycles. The van der Waals surface area contributed by atoms with E-state index in [1.807, 2.05) is 45.0 Å². The standard InChI is InChI=1S/C30H31N5O6.C2H6/c1-19-6-3-4-7-24(19)33-30(41)32-21-11-9-20(10-12-21)16-26(36)31-22-13-14-25-23(17-22)29(40)35(15-5-8-28(38)39)18-27(37)34(25)2;1-2/h3-4,6-7,9-14,17H,5,8,15-16,18H2,1-2H3,(H,31,36)(H,38,39)(H2,32,33,41);1-2H3. The third kappa shape index (κ3) is 8.90. The number of nitrogens with one attached hydrogen (secondary N) is 3. The van der Waals surface area contributed by atoms with Gasteiger partial charge in [-0.3, -0.25) is 19.2 Å². The van der Waals surface area contributed by atoms with Crippen LogP contribution in [0.1, 0.15) is 48.2 Å². The van der Waals surface area contributed by atoms with Gasteiger partial charge in [-0.15, -0.1) is 0 Å². The summed E-state index contributed by atoms with van der Waals surface area (Å²) in [4.78, 5) is 64.5. The molecule has 0 radical (unpaired) electrons. The van der Waals surface area contributed by atoms with E-state index >= 15 is 0 Å². The van der Waals surface area contributed by atoms with Crippen LogP contribution in [0.5, 0.6) is 0 Å². The van der Waals surface area contributed by atoms with Crippen LogP contribution in [0.3, 0.4) is 0 Å². The van der Waals surface area contributed by atoms with Crippen LogP contribution >= 0.6 is 0 Å². The molecule has 3 aromatic carbocycles. The zero-order chi connectivity index (χ0) is 31.5. The number of rotatable bonds is 9. The second-order valence-electron chi connectivity index (χ2n) is 9.72. The number of urea groups is 1. The predicted molar refractivity (Wildman–Crippen MR) is 167 cm³/mol. The summed E-state index contributed by atoms with van der Waals surface area (Å²) in [6.45, 7) is 5.86. The van der Waals surface area contributed by atoms with Crippen molar-refractivity contribution in [2.75, 3.05) is 41.0 Å². The number of carboxylic acid groups (broad SMARTS) is 1. The van der Waals surface area contributed by atoms with E-state index < -0.39 is 11.9 Å². The van der Waals surface area contributed by atoms with Crippen LogP contribution in [0.4, 0.5) is 27.5 Å². The van der Waals surface area contributed by atoms with E-state index in [1.165, 1.54) is 15.9 Å². The maximum atomic E-state index is 13.2. The maximum Gasteiger partial charge on any atom is 0.323 e. The molecule has 0 saturated heterocycles. The normalized spacial score (nSPS) is 12.4. The molecule has 0 atom stereocenters. The second-order valence-corrected chi connectivity index (χ2v) is 9.72. The van der Waals surface area contributed by atoms with E-state index in [9.17, 15) is 24.0 Å². The van der Waals surface area contributed by atoms with E-state index in [0.29, 0.717) is 28.3 Å². The quantitative estimate of drug-likeness (QED) is 0.273. The van der Waals surface area contributed by atoms with Gasteiger partial charge in [0.1, 0.15) is 6.54 Å². The molecule has 1 aliphatic heterocycles. The number of aliphatic carboxylic acids is 1. The number of benzene rings is 3. The first-order valence-electron chi connectivity index (χ1n) is 14.0. The van der Waals surface area contributed by atoms with Crippen molar-refractivity contribution in [3.05, 3.63) is 83.4 Å². The minimum absolute atomic E-state index is 0.0560. The number of anilines is 4. The molecular weight excluding hydrogens is 550 g/mol. The lowest BCUT2D eigenvalue weighted by Crippen LogP contribution is -2.38. The number of nitrogens with zero attached hydrogens (tertiary/aromatic N) is 2. The summed E-state index contributed by atoms with van der Waals surface area (Å²) < 4.78 is 0. The summed E-state index contributed by atoms with van der Waals surface area (Å²) in [6, 6.07) is 18.7. The minimum Gasteiger partial charge on any atom is -0.481 e. The molecule has 0 fully saturated rings. The molecule has 1 aliphatic rings. The second kappa shape index (κ2) is 15.2. The highest BCUT2D eigenvalue weighted by atomic mass is 16.4. The average molecular weight is 588 g/mol. The smallest absolute Gasteiger partial charge is 0.323 e. The summed E-state index contributed by atoms with van der Waals surface area (Å²) in [5.74, 6) is -1.99. The Labute approximate surface area is 250 Å². The number of likely N-dealkylation sites (N-methyl/N-ethyl adjacent to an activating group) is 1. The number of hydrogen-bond donors (Lipinski definition) is 4. The Morgan fingerprint density at radius 1 is 0.884 bits per heavy atom. The van der Waals surface area contributed by atoms with Crippen molar-refractivity contribution in [1.29, 1.82) is 0 Å². The summed E-state index contributed by atoms with van der Waals surface area (Å²) >= 11 is 0. The first-order chi connectivity index (χ1) is 20.6. The fourth-order valence-electron chi connectivity index (χ4n) is 4.42. The molecule has 0 spiro atoms. The number of para-hydroxylation sites is 1. The molecule has 5 amide bonds. The van der Waals surface area contributed by atoms with Crippen LogP contribution < -0.4 is 20.9 Å². The van der Waals surface area contributed by atoms with Crippen LogP contribution in [-0.4, -0.2) is 59.9 Å². The van der Waals surface area contributed by atoms with E-state index in [2.05, 4.69) is 16.0 Å². The summed E-state index contributed by atoms with van der Waals surface area (Å²) in [5, 5.41) is 17.3. The number of amides is 5. The maximum absolute atomic E-state index is 13.2. The van der Waals surface area contributed by atoms with Gasteiger partial charge >= 0.3 is 12.0 Å². The Balaban J connectivity index is 0.00000248. The molecular formula is C32H37N5O6. The molecule has 0 aliphatic carbocycles. The zero-order valence-electron chi connectivity index (χ0n) is 24.8. The number of carbonyl (C=O) groups excluding carboxylic acids is 4. The lowest BCUT2D eigenvalue weighted by Gasteiger charge is -2.19. The highest BCUT2D eigenvalue weighted by Crippen LogP contribution is 2.28. The van der Waals surface area contributed by atoms with Gasteiger partial charge in [0.25, 0.3) is 5.91 Å². The lowest BCUT2D eigenvalue weighted by molar-refractivity contribution is -0.137. The van der Waals surface area contributed by atoms with Crippen molar-refractivity contribution in [2.24, 2.45) is 0 Å². The highest BCUT2D eigenvalue weighted by molar-refractivity contribution is 6.10. The topological polar surface area (TPSA) is 148 Å². The monoisotopic (exact) mass is 587 g/mol. The number of fused-ring (bicyclic) bond motifs is 1. The van der Waals surface area contributed by atoms with E-state index in [1.54, 1.807) is 43.4 Å². The molecule has 0 bridgehead atoms. The van der Waals surface area contributed by atoms with Crippen LogP contribution in [0.25, 0.3) is 0 Å². The van der Waals surface area contributed by atoms with Gasteiger partial charge in [0.2, 0.25) is 11.8 Å². The fraction of sp³-hybridized carbons (Fsp3) is 0.281. The van der Waals surface area contributed by atoms with Gasteiger partial charge in [0.05, 0.1) is 17.7 Å². The van der Waals surface area contributed by atoms with Gasteiger partial charge in [-0.25, -0.2) is 4.79 Å². The Morgan fingerprint density at radius 3 is 2.23 bits per heavy atom. The molecule has 11 nitrogen and oxygen atoms in total. The summed E-state index contributed by atoms with van der Waals surface area (Å²) in [6.07, 6.45) is 0.157. The lowest BCUT2D eigenvalue weighted by atomic mass is 10.1. The van der Waals surface area contributed by atoms with Gasteiger partial charge in [-0.1, -0.05) is 44.2 Å². The molecule has 43 heavy (non-hydrogen) atoms. The summed E-state index contributed by atoms with van der Waals surface area (Å²) in [7, 11) is 1.57. The Hall–Kier alpha value is -5.19. The van der Waals surface area contributed by atoms with Gasteiger partial charge in [-0.2, -0.15) is 0 Å². The molecule has 0 unspecified atom stereocenters. The van der Waals surface area contributed by atoms with Crippen molar-refractivity contribution in [3.8, 4) is 0 Å². The van der Waals surface area contributed by atoms with Gasteiger partial charge in [0, 0.05) is 37.1 Å². The molecule has 11 heteroatoms. The highest BCUT2D eigenvalue weighted by Gasteiger charge is 2.30. The molecule has 226 valence electrons. The minimum atomic E-state index is -0.976. The van der Waals surface area contributed by atoms with Crippen molar-refractivity contribution < 1.29 is 29.1 Å². The molecule has 0 saturated carbocycles. The van der Waals surface area contributed by atoms with Crippen molar-refractivity contribution in [3.63, 3.8) is 0 Å². The molecule has 3 aromatic rings. The Bertz CT molecular complexity index is 1490. The van der Waals surface area contributed by atoms with Crippen LogP contribution in [0.15, 0.2) is 66.7 Å². The Kier molecular flexibility index (Phi) is 11.4. The predicted octanol–water partition coefficient (Wildman–Crippen LogP) is 5.13. The van der Waals surface area contributed by atoms with Gasteiger partial charge < -0.3 is 30.9 Å². The Morgan fingerprint density at radius 2 is 1.56 bits per heavy atom. The average Bonchev–Trinajstić information content (AvgIpc) is 3.06. The first-order valence-corrected chi connectivity index (χ1v) is 14.0.